The van der Waals surface area contributed by atoms with Crippen LogP contribution >= 0.6 is 22.7 Å². The zero-order chi connectivity index (χ0) is 26.5. The highest BCUT2D eigenvalue weighted by atomic mass is 32.2. The van der Waals surface area contributed by atoms with Crippen molar-refractivity contribution in [3.05, 3.63) is 42.0 Å². The van der Waals surface area contributed by atoms with Crippen molar-refractivity contribution < 1.29 is 27.5 Å². The van der Waals surface area contributed by atoms with Crippen LogP contribution in [0.15, 0.2) is 46.9 Å². The Kier molecular flexibility index (Phi) is 6.49. The van der Waals surface area contributed by atoms with Gasteiger partial charge in [0.15, 0.2) is 10.8 Å². The number of fused-ring (bicyclic) bond motifs is 2. The second-order valence-electron chi connectivity index (χ2n) is 9.88. The van der Waals surface area contributed by atoms with Crippen molar-refractivity contribution in [2.45, 2.75) is 61.0 Å². The first-order chi connectivity index (χ1) is 18.3. The zero-order valence-electron chi connectivity index (χ0n) is 20.4. The fraction of sp³-hybridized carbons (Fsp3) is 0.440. The number of hydrogen-bond donors (Lipinski definition) is 1. The molecule has 6 rings (SSSR count). The third kappa shape index (κ3) is 4.31. The van der Waals surface area contributed by atoms with Crippen molar-refractivity contribution in [2.24, 2.45) is 0 Å². The molecule has 2 aliphatic heterocycles. The zero-order valence-corrected chi connectivity index (χ0v) is 22.8. The average molecular weight is 575 g/mol. The first-order valence-corrected chi connectivity index (χ1v) is 15.6. The Morgan fingerprint density at radius 2 is 1.97 bits per heavy atom. The van der Waals surface area contributed by atoms with Crippen LogP contribution in [0.25, 0.3) is 9.40 Å². The van der Waals surface area contributed by atoms with Gasteiger partial charge in [0.25, 0.3) is 0 Å². The number of nitrogens with zero attached hydrogens (tertiary/aromatic N) is 3. The summed E-state index contributed by atoms with van der Waals surface area (Å²) in [5.74, 6) is -0.664. The van der Waals surface area contributed by atoms with Crippen LogP contribution in [0.5, 0.6) is 5.06 Å². The molecule has 2 atom stereocenters. The van der Waals surface area contributed by atoms with Crippen molar-refractivity contribution in [3.8, 4) is 5.06 Å². The number of ketones is 1. The minimum absolute atomic E-state index is 0.0137. The molecule has 0 aromatic carbocycles. The van der Waals surface area contributed by atoms with E-state index in [1.807, 2.05) is 11.4 Å². The number of sulfonamides is 1. The van der Waals surface area contributed by atoms with Gasteiger partial charge in [0.1, 0.15) is 16.5 Å². The predicted octanol–water partition coefficient (Wildman–Crippen LogP) is 3.39. The summed E-state index contributed by atoms with van der Waals surface area (Å²) < 4.78 is 35.4. The normalized spacial score (nSPS) is 23.5. The van der Waals surface area contributed by atoms with Crippen LogP contribution in [0.1, 0.15) is 38.5 Å². The van der Waals surface area contributed by atoms with Gasteiger partial charge in [-0.25, -0.2) is 13.2 Å². The monoisotopic (exact) mass is 574 g/mol. The first-order valence-electron chi connectivity index (χ1n) is 12.5. The summed E-state index contributed by atoms with van der Waals surface area (Å²) in [6.07, 6.45) is 5.67. The van der Waals surface area contributed by atoms with Gasteiger partial charge >= 0.3 is 6.09 Å². The van der Waals surface area contributed by atoms with Crippen LogP contribution in [0, 0.1) is 0 Å². The van der Waals surface area contributed by atoms with Gasteiger partial charge in [-0.1, -0.05) is 30.6 Å². The van der Waals surface area contributed by atoms with Gasteiger partial charge in [0.2, 0.25) is 15.9 Å². The molecular formula is C25H26N4O6S3. The van der Waals surface area contributed by atoms with E-state index in [4.69, 9.17) is 4.74 Å². The second-order valence-corrected chi connectivity index (χ2v) is 13.8. The van der Waals surface area contributed by atoms with Gasteiger partial charge < -0.3 is 15.0 Å². The third-order valence-electron chi connectivity index (χ3n) is 7.65. The highest BCUT2D eigenvalue weighted by molar-refractivity contribution is 7.89. The molecule has 1 saturated carbocycles. The molecule has 0 bridgehead atoms. The number of pyridine rings is 1. The van der Waals surface area contributed by atoms with E-state index in [0.717, 1.165) is 28.7 Å². The Morgan fingerprint density at radius 3 is 2.71 bits per heavy atom. The molecule has 2 saturated heterocycles. The summed E-state index contributed by atoms with van der Waals surface area (Å²) in [5, 5.41) is 5.28. The lowest BCUT2D eigenvalue weighted by Crippen LogP contribution is -2.62. The molecule has 0 spiro atoms. The molecule has 200 valence electrons. The van der Waals surface area contributed by atoms with Crippen LogP contribution in [-0.4, -0.2) is 71.1 Å². The summed E-state index contributed by atoms with van der Waals surface area (Å²) in [7, 11) is -3.95. The molecule has 3 aromatic heterocycles. The lowest BCUT2D eigenvalue weighted by atomic mass is 9.80. The molecule has 3 aliphatic rings. The van der Waals surface area contributed by atoms with Crippen molar-refractivity contribution >= 4 is 59.9 Å². The van der Waals surface area contributed by atoms with E-state index in [2.05, 4.69) is 10.3 Å². The van der Waals surface area contributed by atoms with Crippen LogP contribution in [0.4, 0.5) is 4.79 Å². The lowest BCUT2D eigenvalue weighted by Gasteiger charge is -2.40. The van der Waals surface area contributed by atoms with Gasteiger partial charge in [0, 0.05) is 34.4 Å². The number of likely N-dealkylation sites (tertiary alicyclic amines) is 1. The van der Waals surface area contributed by atoms with E-state index in [-0.39, 0.29) is 29.7 Å². The summed E-state index contributed by atoms with van der Waals surface area (Å²) in [6.45, 7) is -0.0625. The van der Waals surface area contributed by atoms with Gasteiger partial charge in [-0.15, -0.1) is 11.3 Å². The number of amides is 2. The SMILES string of the molecule is O=C(NC1(C(=O)N2CCC3C2C(=O)CN3S(=O)(=O)c2cccnc2)CCCCC1)Oc1cc2sccc2s1. The number of thiophene rings is 2. The number of aromatic nitrogens is 1. The molecule has 3 fully saturated rings. The predicted molar refractivity (Wildman–Crippen MR) is 142 cm³/mol. The molecule has 38 heavy (non-hydrogen) atoms. The maximum Gasteiger partial charge on any atom is 0.414 e. The molecular weight excluding hydrogens is 548 g/mol. The van der Waals surface area contributed by atoms with Gasteiger partial charge in [-0.05, 0) is 42.8 Å². The fourth-order valence-electron chi connectivity index (χ4n) is 5.89. The summed E-state index contributed by atoms with van der Waals surface area (Å²) >= 11 is 2.92. The third-order valence-corrected chi connectivity index (χ3v) is 11.5. The van der Waals surface area contributed by atoms with Gasteiger partial charge in [-0.2, -0.15) is 4.31 Å². The topological polar surface area (TPSA) is 126 Å². The maximum atomic E-state index is 14.1. The number of rotatable bonds is 5. The van der Waals surface area contributed by atoms with E-state index >= 15 is 0 Å². The van der Waals surface area contributed by atoms with E-state index in [1.165, 1.54) is 45.1 Å². The molecule has 1 aliphatic carbocycles. The lowest BCUT2D eigenvalue weighted by molar-refractivity contribution is -0.143. The molecule has 1 N–H and O–H groups in total. The minimum atomic E-state index is -3.95. The molecule has 2 amide bonds. The number of hydrogen-bond acceptors (Lipinski definition) is 9. The number of Topliss-reactive ketones (excluding diaryl/α,β-unsaturated/α-hetero) is 1. The maximum absolute atomic E-state index is 14.1. The van der Waals surface area contributed by atoms with E-state index in [0.29, 0.717) is 24.3 Å². The second kappa shape index (κ2) is 9.70. The van der Waals surface area contributed by atoms with Gasteiger partial charge in [-0.3, -0.25) is 14.6 Å². The van der Waals surface area contributed by atoms with Crippen molar-refractivity contribution in [3.63, 3.8) is 0 Å². The molecule has 13 heteroatoms. The quantitative estimate of drug-likeness (QED) is 0.495. The molecule has 3 aromatic rings. The molecule has 0 radical (unpaired) electrons. The smallest absolute Gasteiger partial charge is 0.399 e. The highest BCUT2D eigenvalue weighted by Gasteiger charge is 2.56. The van der Waals surface area contributed by atoms with Crippen LogP contribution in [-0.2, 0) is 19.6 Å². The Hall–Kier alpha value is -2.87. The summed E-state index contributed by atoms with van der Waals surface area (Å²) in [5.41, 5.74) is -1.20. The number of nitrogens with one attached hydrogen (secondary N) is 1. The standard InChI is InChI=1S/C25H26N4O6S3/c30-18-15-29(38(33,34)16-5-4-10-26-14-16)17-6-11-28(22(17)18)23(31)25(8-2-1-3-9-25)27-24(32)35-21-13-20-19(37-21)7-12-36-20/h4-5,7,10,12-14,17,22H,1-3,6,8-9,11,15H2,(H,27,32). The molecule has 2 unspecified atom stereocenters. The number of carbonyl (C=O) groups is 3. The Labute approximate surface area is 227 Å². The Balaban J connectivity index is 1.22. The fourth-order valence-corrected chi connectivity index (χ4v) is 9.42. The van der Waals surface area contributed by atoms with E-state index in [1.54, 1.807) is 17.4 Å². The van der Waals surface area contributed by atoms with Crippen LogP contribution < -0.4 is 10.1 Å². The highest BCUT2D eigenvalue weighted by Crippen LogP contribution is 2.39. The van der Waals surface area contributed by atoms with Crippen molar-refractivity contribution in [1.82, 2.24) is 19.5 Å². The van der Waals surface area contributed by atoms with Crippen LogP contribution in [0.3, 0.4) is 0 Å². The Bertz CT molecular complexity index is 1470. The minimum Gasteiger partial charge on any atom is -0.399 e. The van der Waals surface area contributed by atoms with E-state index in [9.17, 15) is 22.8 Å². The van der Waals surface area contributed by atoms with Crippen molar-refractivity contribution in [2.75, 3.05) is 13.1 Å². The van der Waals surface area contributed by atoms with Gasteiger partial charge in [0.05, 0.1) is 12.6 Å². The molecule has 10 nitrogen and oxygen atoms in total. The summed E-state index contributed by atoms with van der Waals surface area (Å²) in [4.78, 5) is 45.6. The average Bonchev–Trinajstić information content (AvgIpc) is 3.67. The van der Waals surface area contributed by atoms with Crippen LogP contribution in [0.2, 0.25) is 0 Å². The Morgan fingerprint density at radius 1 is 1.16 bits per heavy atom. The largest absolute Gasteiger partial charge is 0.414 e. The first kappa shape index (κ1) is 25.4. The molecule has 5 heterocycles. The summed E-state index contributed by atoms with van der Waals surface area (Å²) in [6, 6.07) is 5.21. The number of carbonyl (C=O) groups excluding carboxylic acids is 3. The number of ether oxygens (including phenoxy) is 1. The van der Waals surface area contributed by atoms with Crippen molar-refractivity contribution in [1.29, 1.82) is 0 Å². The van der Waals surface area contributed by atoms with E-state index < -0.39 is 33.7 Å².